The van der Waals surface area contributed by atoms with Gasteiger partial charge in [-0.15, -0.1) is 0 Å². The summed E-state index contributed by atoms with van der Waals surface area (Å²) in [6.45, 7) is 0.403. The fourth-order valence-corrected chi connectivity index (χ4v) is 4.97. The van der Waals surface area contributed by atoms with Gasteiger partial charge < -0.3 is 24.9 Å². The van der Waals surface area contributed by atoms with Gasteiger partial charge in [-0.1, -0.05) is 36.4 Å². The summed E-state index contributed by atoms with van der Waals surface area (Å²) in [4.78, 5) is 3.24. The minimum Gasteiger partial charge on any atom is -0.494 e. The summed E-state index contributed by atoms with van der Waals surface area (Å²) in [5, 5.41) is 33.9. The van der Waals surface area contributed by atoms with Crippen LogP contribution < -0.4 is 0 Å². The molecule has 0 unspecified atom stereocenters. The van der Waals surface area contributed by atoms with Gasteiger partial charge in [0.25, 0.3) is 0 Å². The van der Waals surface area contributed by atoms with Crippen LogP contribution in [0.1, 0.15) is 12.0 Å². The second-order valence-electron chi connectivity index (χ2n) is 7.87. The van der Waals surface area contributed by atoms with Crippen molar-refractivity contribution in [3.05, 3.63) is 60.4 Å². The predicted octanol–water partition coefficient (Wildman–Crippen LogP) is 4.57. The van der Waals surface area contributed by atoms with Gasteiger partial charge in [0.05, 0.1) is 16.6 Å². The average Bonchev–Trinajstić information content (AvgIpc) is 3.42. The van der Waals surface area contributed by atoms with Crippen LogP contribution in [-0.4, -0.2) is 29.4 Å². The lowest BCUT2D eigenvalue weighted by Gasteiger charge is -2.14. The molecule has 6 rings (SSSR count). The summed E-state index contributed by atoms with van der Waals surface area (Å²) in [5.74, 6) is -0.291. The summed E-state index contributed by atoms with van der Waals surface area (Å²) >= 11 is 0. The zero-order valence-corrected chi connectivity index (χ0v) is 16.3. The van der Waals surface area contributed by atoms with E-state index in [0.29, 0.717) is 11.1 Å². The number of hydrogen-bond donors (Lipinski definition) is 4. The normalized spacial score (nSPS) is 13.5. The molecule has 0 saturated carbocycles. The molecule has 0 spiro atoms. The second-order valence-corrected chi connectivity index (χ2v) is 7.87. The molecule has 1 aliphatic heterocycles. The lowest BCUT2D eigenvalue weighted by Crippen LogP contribution is -2.05. The highest BCUT2D eigenvalue weighted by Gasteiger charge is 2.29. The Kier molecular flexibility index (Phi) is 3.55. The number of benzene rings is 2. The first-order valence-corrected chi connectivity index (χ1v) is 10.1. The Balaban J connectivity index is 1.73. The standard InChI is InChI=1S/C24H21N3O3/c28-13-27-23(29)20(17-11-25-19-9-2-1-7-15(17)19)21(24(27)30)18-12-26-10-4-6-14-5-3-8-16(18)22(14)26/h1-3,5,7-9,11-12,25,28-30H,4,6,10,13H2. The van der Waals surface area contributed by atoms with Crippen LogP contribution in [0.3, 0.4) is 0 Å². The highest BCUT2D eigenvalue weighted by molar-refractivity contribution is 6.08. The van der Waals surface area contributed by atoms with Crippen LogP contribution >= 0.6 is 0 Å². The van der Waals surface area contributed by atoms with Crippen LogP contribution in [0.25, 0.3) is 44.1 Å². The van der Waals surface area contributed by atoms with E-state index in [4.69, 9.17) is 0 Å². The number of fused-ring (bicyclic) bond motifs is 1. The first-order chi connectivity index (χ1) is 14.7. The van der Waals surface area contributed by atoms with Gasteiger partial charge in [0.15, 0.2) is 0 Å². The Morgan fingerprint density at radius 3 is 2.50 bits per heavy atom. The number of hydrogen-bond acceptors (Lipinski definition) is 3. The molecule has 0 bridgehead atoms. The molecule has 0 amide bonds. The SMILES string of the molecule is OCn1c(O)c(-c2c[nH]c3ccccc23)c(-c2cn3c4c(cccc24)CCC3)c1O. The molecule has 1 aliphatic rings. The summed E-state index contributed by atoms with van der Waals surface area (Å²) < 4.78 is 3.37. The monoisotopic (exact) mass is 399 g/mol. The average molecular weight is 399 g/mol. The zero-order chi connectivity index (χ0) is 20.4. The van der Waals surface area contributed by atoms with Gasteiger partial charge >= 0.3 is 0 Å². The van der Waals surface area contributed by atoms with Crippen molar-refractivity contribution in [1.82, 2.24) is 14.1 Å². The first kappa shape index (κ1) is 17.2. The van der Waals surface area contributed by atoms with Gasteiger partial charge in [0.1, 0.15) is 6.73 Å². The van der Waals surface area contributed by atoms with Crippen LogP contribution in [0.2, 0.25) is 0 Å². The van der Waals surface area contributed by atoms with E-state index in [1.807, 2.05) is 36.5 Å². The van der Waals surface area contributed by atoms with Crippen molar-refractivity contribution >= 4 is 21.8 Å². The molecule has 3 aromatic heterocycles. The lowest BCUT2D eigenvalue weighted by molar-refractivity contribution is 0.183. The Hall–Kier alpha value is -3.64. The Labute approximate surface area is 172 Å². The number of H-pyrrole nitrogens is 1. The van der Waals surface area contributed by atoms with E-state index in [0.717, 1.165) is 51.4 Å². The Morgan fingerprint density at radius 2 is 1.67 bits per heavy atom. The van der Waals surface area contributed by atoms with Crippen LogP contribution in [-0.2, 0) is 19.7 Å². The molecule has 6 nitrogen and oxygen atoms in total. The van der Waals surface area contributed by atoms with Gasteiger partial charge in [0, 0.05) is 46.4 Å². The van der Waals surface area contributed by atoms with Crippen molar-refractivity contribution < 1.29 is 15.3 Å². The van der Waals surface area contributed by atoms with Crippen LogP contribution in [0.5, 0.6) is 11.8 Å². The van der Waals surface area contributed by atoms with Crippen molar-refractivity contribution in [2.75, 3.05) is 0 Å². The number of aryl methyl sites for hydroxylation is 2. The maximum Gasteiger partial charge on any atom is 0.204 e. The fraction of sp³-hybridized carbons (Fsp3) is 0.167. The summed E-state index contributed by atoms with van der Waals surface area (Å²) in [6.07, 6.45) is 6.00. The number of rotatable bonds is 3. The molecule has 0 saturated heterocycles. The molecular formula is C24H21N3O3. The molecule has 0 fully saturated rings. The molecule has 150 valence electrons. The molecule has 4 N–H and O–H groups in total. The molecule has 0 atom stereocenters. The van der Waals surface area contributed by atoms with Crippen molar-refractivity contribution in [3.8, 4) is 34.0 Å². The Bertz CT molecular complexity index is 1440. The van der Waals surface area contributed by atoms with E-state index >= 15 is 0 Å². The molecule has 0 radical (unpaired) electrons. The van der Waals surface area contributed by atoms with Crippen molar-refractivity contribution in [1.29, 1.82) is 0 Å². The van der Waals surface area contributed by atoms with Gasteiger partial charge in [-0.3, -0.25) is 4.57 Å². The quantitative estimate of drug-likeness (QED) is 0.359. The Morgan fingerprint density at radius 1 is 0.900 bits per heavy atom. The third-order valence-corrected chi connectivity index (χ3v) is 6.30. The molecule has 0 aliphatic carbocycles. The van der Waals surface area contributed by atoms with Crippen molar-refractivity contribution in [2.45, 2.75) is 26.1 Å². The van der Waals surface area contributed by atoms with E-state index in [1.165, 1.54) is 11.1 Å². The van der Waals surface area contributed by atoms with E-state index in [-0.39, 0.29) is 11.8 Å². The highest BCUT2D eigenvalue weighted by Crippen LogP contribution is 2.51. The summed E-state index contributed by atoms with van der Waals surface area (Å²) in [6, 6.07) is 14.1. The molecule has 30 heavy (non-hydrogen) atoms. The predicted molar refractivity (Wildman–Crippen MR) is 117 cm³/mol. The van der Waals surface area contributed by atoms with Crippen LogP contribution in [0.15, 0.2) is 54.9 Å². The number of aromatic amines is 1. The fourth-order valence-electron chi connectivity index (χ4n) is 4.97. The van der Waals surface area contributed by atoms with E-state index < -0.39 is 6.73 Å². The summed E-state index contributed by atoms with van der Waals surface area (Å²) in [5.41, 5.74) is 6.11. The number of aromatic hydroxyl groups is 2. The third-order valence-electron chi connectivity index (χ3n) is 6.30. The van der Waals surface area contributed by atoms with E-state index in [9.17, 15) is 15.3 Å². The van der Waals surface area contributed by atoms with Gasteiger partial charge in [0.2, 0.25) is 11.8 Å². The number of aliphatic hydroxyl groups is 1. The maximum absolute atomic E-state index is 11.1. The zero-order valence-electron chi connectivity index (χ0n) is 16.3. The number of aliphatic hydroxyl groups excluding tert-OH is 1. The smallest absolute Gasteiger partial charge is 0.204 e. The van der Waals surface area contributed by atoms with Crippen molar-refractivity contribution in [3.63, 3.8) is 0 Å². The second kappa shape index (κ2) is 6.18. The molecule has 4 heterocycles. The topological polar surface area (TPSA) is 86.3 Å². The van der Waals surface area contributed by atoms with E-state index in [1.54, 1.807) is 0 Å². The summed E-state index contributed by atoms with van der Waals surface area (Å²) in [7, 11) is 0. The minimum atomic E-state index is -0.517. The van der Waals surface area contributed by atoms with Gasteiger partial charge in [-0.2, -0.15) is 0 Å². The third kappa shape index (κ3) is 2.16. The van der Waals surface area contributed by atoms with Gasteiger partial charge in [-0.25, -0.2) is 0 Å². The number of nitrogens with one attached hydrogen (secondary N) is 1. The highest BCUT2D eigenvalue weighted by atomic mass is 16.3. The van der Waals surface area contributed by atoms with Crippen LogP contribution in [0.4, 0.5) is 0 Å². The number of para-hydroxylation sites is 2. The first-order valence-electron chi connectivity index (χ1n) is 10.1. The van der Waals surface area contributed by atoms with Crippen LogP contribution in [0, 0.1) is 0 Å². The lowest BCUT2D eigenvalue weighted by atomic mass is 9.96. The number of aromatic nitrogens is 3. The molecular weight excluding hydrogens is 378 g/mol. The molecule has 6 heteroatoms. The minimum absolute atomic E-state index is 0.140. The maximum atomic E-state index is 11.1. The van der Waals surface area contributed by atoms with Gasteiger partial charge in [-0.05, 0) is 24.5 Å². The number of nitrogens with zero attached hydrogens (tertiary/aromatic N) is 2. The molecule has 5 aromatic rings. The largest absolute Gasteiger partial charge is 0.494 e. The van der Waals surface area contributed by atoms with E-state index in [2.05, 4.69) is 27.9 Å². The molecule has 2 aromatic carbocycles. The van der Waals surface area contributed by atoms with Crippen molar-refractivity contribution in [2.24, 2.45) is 0 Å².